The number of alkyl halides is 3. The molecule has 0 spiro atoms. The van der Waals surface area contributed by atoms with Crippen LogP contribution in [0.1, 0.15) is 22.5 Å². The Kier molecular flexibility index (Phi) is 7.14. The molecule has 0 N–H and O–H groups in total. The third-order valence-electron chi connectivity index (χ3n) is 5.30. The summed E-state index contributed by atoms with van der Waals surface area (Å²) in [7, 11) is 4.65. The average molecular weight is 473 g/mol. The first-order chi connectivity index (χ1) is 15.0. The molecule has 0 aliphatic carbocycles. The molecule has 0 unspecified atom stereocenters. The summed E-state index contributed by atoms with van der Waals surface area (Å²) in [6.45, 7) is 0.0546. The second kappa shape index (κ2) is 9.50. The second-order valence-corrected chi connectivity index (χ2v) is 8.29. The number of carbonyl (C=O) groups excluding carboxylic acids is 2. The van der Waals surface area contributed by atoms with E-state index in [2.05, 4.69) is 5.10 Å². The maximum Gasteiger partial charge on any atom is 0.435 e. The number of hydrogen-bond donors (Lipinski definition) is 0. The summed E-state index contributed by atoms with van der Waals surface area (Å²) in [6.07, 6.45) is -4.46. The normalized spacial score (nSPS) is 14.2. The number of aromatic nitrogens is 2. The van der Waals surface area contributed by atoms with Gasteiger partial charge in [-0.3, -0.25) is 19.2 Å². The van der Waals surface area contributed by atoms with Gasteiger partial charge in [0.15, 0.2) is 11.5 Å². The zero-order valence-electron chi connectivity index (χ0n) is 18.0. The smallest absolute Gasteiger partial charge is 0.435 e. The quantitative estimate of drug-likeness (QED) is 0.620. The number of nitrogens with zero attached hydrogens (tertiary/aromatic N) is 4. The van der Waals surface area contributed by atoms with Gasteiger partial charge < -0.3 is 9.64 Å². The van der Waals surface area contributed by atoms with E-state index >= 15 is 0 Å². The molecular formula is C21H24ClF3N4O3. The summed E-state index contributed by atoms with van der Waals surface area (Å²) < 4.78 is 47.3. The van der Waals surface area contributed by atoms with Gasteiger partial charge in [0.05, 0.1) is 13.7 Å². The van der Waals surface area contributed by atoms with Crippen molar-refractivity contribution in [1.29, 1.82) is 0 Å². The molecule has 3 rings (SSSR count). The van der Waals surface area contributed by atoms with Crippen molar-refractivity contribution in [3.05, 3.63) is 45.7 Å². The Bertz CT molecular complexity index is 1020. The first-order valence-electron chi connectivity index (χ1n) is 9.92. The van der Waals surface area contributed by atoms with Crippen LogP contribution in [-0.2, 0) is 41.7 Å². The second-order valence-electron chi connectivity index (χ2n) is 7.85. The Balaban J connectivity index is 1.83. The predicted molar refractivity (Wildman–Crippen MR) is 112 cm³/mol. The van der Waals surface area contributed by atoms with Crippen LogP contribution < -0.4 is 4.74 Å². The van der Waals surface area contributed by atoms with Crippen molar-refractivity contribution in [3.8, 4) is 5.75 Å². The molecule has 2 heterocycles. The van der Waals surface area contributed by atoms with Crippen LogP contribution in [0.2, 0.25) is 5.02 Å². The number of carbonyl (C=O) groups is 2. The highest BCUT2D eigenvalue weighted by Crippen LogP contribution is 2.35. The van der Waals surface area contributed by atoms with E-state index < -0.39 is 11.9 Å². The molecule has 0 bridgehead atoms. The lowest BCUT2D eigenvalue weighted by Crippen LogP contribution is -2.40. The minimum Gasteiger partial charge on any atom is -0.496 e. The number of methoxy groups -OCH3 is 1. The highest BCUT2D eigenvalue weighted by molar-refractivity contribution is 6.30. The molecular weight excluding hydrogens is 449 g/mol. The van der Waals surface area contributed by atoms with Gasteiger partial charge in [0.2, 0.25) is 5.91 Å². The van der Waals surface area contributed by atoms with Crippen LogP contribution in [0.15, 0.2) is 18.2 Å². The molecule has 174 valence electrons. The van der Waals surface area contributed by atoms with Crippen molar-refractivity contribution in [3.63, 3.8) is 0 Å². The third kappa shape index (κ3) is 5.42. The van der Waals surface area contributed by atoms with Crippen molar-refractivity contribution in [1.82, 2.24) is 19.6 Å². The van der Waals surface area contributed by atoms with Gasteiger partial charge in [-0.1, -0.05) is 11.6 Å². The number of rotatable bonds is 7. The molecule has 1 aromatic heterocycles. The number of benzene rings is 1. The molecule has 2 aromatic rings. The Morgan fingerprint density at radius 2 is 1.97 bits per heavy atom. The maximum atomic E-state index is 13.6. The fourth-order valence-corrected chi connectivity index (χ4v) is 3.89. The van der Waals surface area contributed by atoms with Crippen LogP contribution in [-0.4, -0.2) is 65.6 Å². The van der Waals surface area contributed by atoms with Gasteiger partial charge in [-0.2, -0.15) is 18.3 Å². The summed E-state index contributed by atoms with van der Waals surface area (Å²) in [4.78, 5) is 27.7. The molecule has 0 atom stereocenters. The third-order valence-corrected chi connectivity index (χ3v) is 5.53. The standard InChI is InChI=1S/C21H24ClF3N4O3/c1-27(2)19(31)12-28-7-6-17-16(11-28)20(21(23,24)25)26-29(17)10-15(30)9-13-8-14(22)4-5-18(13)32-3/h4-5,8H,6-7,9-12H2,1-3H3. The Morgan fingerprint density at radius 1 is 1.25 bits per heavy atom. The number of halogens is 4. The van der Waals surface area contributed by atoms with Crippen molar-refractivity contribution >= 4 is 23.3 Å². The van der Waals surface area contributed by atoms with E-state index in [1.165, 1.54) is 12.0 Å². The maximum absolute atomic E-state index is 13.6. The number of likely N-dealkylation sites (N-methyl/N-ethyl adjacent to an activating group) is 1. The monoisotopic (exact) mass is 472 g/mol. The number of Topliss-reactive ketones (excluding diaryl/α,β-unsaturated/α-hetero) is 1. The molecule has 1 aliphatic heterocycles. The molecule has 1 amide bonds. The molecule has 0 saturated heterocycles. The fourth-order valence-electron chi connectivity index (χ4n) is 3.69. The molecule has 1 aromatic carbocycles. The minimum absolute atomic E-state index is 0.0163. The van der Waals surface area contributed by atoms with E-state index in [4.69, 9.17) is 16.3 Å². The fraction of sp³-hybridized carbons (Fsp3) is 0.476. The molecule has 7 nitrogen and oxygen atoms in total. The van der Waals surface area contributed by atoms with Crippen LogP contribution in [0.4, 0.5) is 13.2 Å². The summed E-state index contributed by atoms with van der Waals surface area (Å²) >= 11 is 5.99. The average Bonchev–Trinajstić information content (AvgIpc) is 3.06. The van der Waals surface area contributed by atoms with Crippen LogP contribution in [0.3, 0.4) is 0 Å². The van der Waals surface area contributed by atoms with Crippen molar-refractivity contribution in [2.45, 2.75) is 32.1 Å². The minimum atomic E-state index is -4.66. The van der Waals surface area contributed by atoms with Gasteiger partial charge in [-0.05, 0) is 18.2 Å². The van der Waals surface area contributed by atoms with Crippen LogP contribution in [0, 0.1) is 0 Å². The van der Waals surface area contributed by atoms with Crippen LogP contribution in [0.5, 0.6) is 5.75 Å². The van der Waals surface area contributed by atoms with Gasteiger partial charge in [-0.15, -0.1) is 0 Å². The lowest BCUT2D eigenvalue weighted by Gasteiger charge is -2.28. The van der Waals surface area contributed by atoms with Gasteiger partial charge in [0, 0.05) is 61.9 Å². The van der Waals surface area contributed by atoms with Gasteiger partial charge >= 0.3 is 6.18 Å². The number of fused-ring (bicyclic) bond motifs is 1. The Hall–Kier alpha value is -2.59. The molecule has 0 saturated carbocycles. The molecule has 1 aliphatic rings. The lowest BCUT2D eigenvalue weighted by atomic mass is 10.0. The van der Waals surface area contributed by atoms with Crippen molar-refractivity contribution < 1.29 is 27.5 Å². The Labute approximate surface area is 188 Å². The van der Waals surface area contributed by atoms with E-state index in [1.807, 2.05) is 0 Å². The SMILES string of the molecule is COc1ccc(Cl)cc1CC(=O)Cn1nc(C(F)(F)F)c2c1CCN(CC(=O)N(C)C)C2. The summed E-state index contributed by atoms with van der Waals surface area (Å²) in [5.41, 5.74) is -0.0705. The van der Waals surface area contributed by atoms with Gasteiger partial charge in [-0.25, -0.2) is 0 Å². The molecule has 32 heavy (non-hydrogen) atoms. The number of amides is 1. The summed E-state index contributed by atoms with van der Waals surface area (Å²) in [6, 6.07) is 4.85. The zero-order chi connectivity index (χ0) is 23.6. The Morgan fingerprint density at radius 3 is 2.59 bits per heavy atom. The number of hydrogen-bond acceptors (Lipinski definition) is 5. The number of ether oxygens (including phenoxy) is 1. The first-order valence-corrected chi connectivity index (χ1v) is 10.3. The van der Waals surface area contributed by atoms with E-state index in [1.54, 1.807) is 37.2 Å². The van der Waals surface area contributed by atoms with E-state index in [-0.39, 0.29) is 49.7 Å². The van der Waals surface area contributed by atoms with E-state index in [0.29, 0.717) is 28.6 Å². The lowest BCUT2D eigenvalue weighted by molar-refractivity contribution is -0.142. The van der Waals surface area contributed by atoms with E-state index in [9.17, 15) is 22.8 Å². The summed E-state index contributed by atoms with van der Waals surface area (Å²) in [5.74, 6) is -0.0442. The summed E-state index contributed by atoms with van der Waals surface area (Å²) in [5, 5.41) is 4.17. The van der Waals surface area contributed by atoms with Crippen molar-refractivity contribution in [2.24, 2.45) is 0 Å². The van der Waals surface area contributed by atoms with Gasteiger partial charge in [0.25, 0.3) is 0 Å². The molecule has 0 radical (unpaired) electrons. The zero-order valence-corrected chi connectivity index (χ0v) is 18.8. The highest BCUT2D eigenvalue weighted by Gasteiger charge is 2.41. The van der Waals surface area contributed by atoms with Crippen molar-refractivity contribution in [2.75, 3.05) is 34.3 Å². The van der Waals surface area contributed by atoms with Gasteiger partial charge in [0.1, 0.15) is 12.3 Å². The highest BCUT2D eigenvalue weighted by atomic mass is 35.5. The van der Waals surface area contributed by atoms with Crippen LogP contribution >= 0.6 is 11.6 Å². The van der Waals surface area contributed by atoms with Crippen LogP contribution in [0.25, 0.3) is 0 Å². The topological polar surface area (TPSA) is 67.7 Å². The molecule has 11 heteroatoms. The predicted octanol–water partition coefficient (Wildman–Crippen LogP) is 2.82. The largest absolute Gasteiger partial charge is 0.496 e. The first kappa shape index (κ1) is 24.1. The number of ketones is 1. The molecule has 0 fully saturated rings. The van der Waals surface area contributed by atoms with E-state index in [0.717, 1.165) is 4.68 Å².